The Kier molecular flexibility index (Phi) is 10.1. The largest absolute Gasteiger partial charge is 0.355 e. The number of aryl methyl sites for hydroxylation is 1. The zero-order valence-electron chi connectivity index (χ0n) is 14.7. The average Bonchev–Trinajstić information content (AvgIpc) is 2.60. The third kappa shape index (κ3) is 7.32. The Morgan fingerprint density at radius 2 is 1.92 bits per heavy atom. The van der Waals surface area contributed by atoms with Crippen molar-refractivity contribution in [2.75, 3.05) is 43.9 Å². The first kappa shape index (κ1) is 22.5. The second kappa shape index (κ2) is 11.2. The van der Waals surface area contributed by atoms with E-state index in [0.717, 1.165) is 11.5 Å². The number of halogens is 1. The molecule has 9 heteroatoms. The highest BCUT2D eigenvalue weighted by Gasteiger charge is 2.23. The number of rotatable bonds is 6. The van der Waals surface area contributed by atoms with Crippen molar-refractivity contribution in [1.29, 1.82) is 0 Å². The van der Waals surface area contributed by atoms with E-state index in [1.807, 2.05) is 12.1 Å². The van der Waals surface area contributed by atoms with Crippen molar-refractivity contribution >= 4 is 51.7 Å². The molecule has 0 bridgehead atoms. The highest BCUT2D eigenvalue weighted by atomic mass is 127. The molecular weight excluding hydrogens is 471 g/mol. The quantitative estimate of drug-likeness (QED) is 0.355. The molecule has 1 aromatic rings. The smallest absolute Gasteiger partial charge is 0.215 e. The molecule has 1 fully saturated rings. The van der Waals surface area contributed by atoms with Crippen LogP contribution in [0.15, 0.2) is 29.3 Å². The van der Waals surface area contributed by atoms with Gasteiger partial charge in [-0.05, 0) is 18.1 Å². The number of hydrogen-bond donors (Lipinski definition) is 2. The summed E-state index contributed by atoms with van der Waals surface area (Å²) in [5.41, 5.74) is 2.41. The van der Waals surface area contributed by atoms with Crippen molar-refractivity contribution in [2.24, 2.45) is 4.99 Å². The summed E-state index contributed by atoms with van der Waals surface area (Å²) in [6, 6.07) is 8.14. The summed E-state index contributed by atoms with van der Waals surface area (Å²) >= 11 is 1.80. The normalized spacial score (nSPS) is 16.2. The van der Waals surface area contributed by atoms with Gasteiger partial charge in [0.1, 0.15) is 0 Å². The molecule has 0 atom stereocenters. The van der Waals surface area contributed by atoms with Gasteiger partial charge in [0.25, 0.3) is 0 Å². The minimum atomic E-state index is -3.19. The molecule has 6 nitrogen and oxygen atoms in total. The zero-order valence-corrected chi connectivity index (χ0v) is 18.7. The van der Waals surface area contributed by atoms with Crippen LogP contribution in [0.2, 0.25) is 0 Å². The summed E-state index contributed by atoms with van der Waals surface area (Å²) in [5, 5.41) is 6.30. The molecule has 1 saturated heterocycles. The van der Waals surface area contributed by atoms with Crippen molar-refractivity contribution in [2.45, 2.75) is 13.5 Å². The van der Waals surface area contributed by atoms with Gasteiger partial charge in [0.2, 0.25) is 10.0 Å². The summed E-state index contributed by atoms with van der Waals surface area (Å²) in [5.74, 6) is 2.46. The van der Waals surface area contributed by atoms with Crippen LogP contribution in [0.5, 0.6) is 0 Å². The second-order valence-electron chi connectivity index (χ2n) is 5.61. The maximum atomic E-state index is 12.3. The van der Waals surface area contributed by atoms with Crippen LogP contribution in [-0.2, 0) is 16.6 Å². The third-order valence-electron chi connectivity index (χ3n) is 3.95. The lowest BCUT2D eigenvalue weighted by Gasteiger charge is -2.25. The number of hydrogen-bond acceptors (Lipinski definition) is 4. The fourth-order valence-corrected chi connectivity index (χ4v) is 4.95. The number of sulfonamides is 1. The van der Waals surface area contributed by atoms with Gasteiger partial charge in [-0.3, -0.25) is 4.99 Å². The van der Waals surface area contributed by atoms with Crippen molar-refractivity contribution in [1.82, 2.24) is 14.9 Å². The molecule has 0 aromatic heterocycles. The molecule has 1 aliphatic heterocycles. The summed E-state index contributed by atoms with van der Waals surface area (Å²) in [6.45, 7) is 4.30. The molecule has 2 N–H and O–H groups in total. The molecule has 0 unspecified atom stereocenters. The van der Waals surface area contributed by atoms with E-state index in [-0.39, 0.29) is 29.7 Å². The van der Waals surface area contributed by atoms with Crippen molar-refractivity contribution < 1.29 is 8.42 Å². The van der Waals surface area contributed by atoms with Crippen molar-refractivity contribution in [3.8, 4) is 0 Å². The first-order valence-corrected chi connectivity index (χ1v) is 10.8. The van der Waals surface area contributed by atoms with Gasteiger partial charge in [-0.1, -0.05) is 24.3 Å². The number of guanidine groups is 1. The highest BCUT2D eigenvalue weighted by molar-refractivity contribution is 14.0. The fraction of sp³-hybridized carbons (Fsp3) is 0.562. The van der Waals surface area contributed by atoms with Crippen LogP contribution in [0.3, 0.4) is 0 Å². The second-order valence-corrected chi connectivity index (χ2v) is 8.92. The molecule has 0 aliphatic carbocycles. The first-order chi connectivity index (χ1) is 11.5. The molecule has 0 amide bonds. The number of nitrogens with zero attached hydrogens (tertiary/aromatic N) is 2. The van der Waals surface area contributed by atoms with Crippen molar-refractivity contribution in [3.05, 3.63) is 35.4 Å². The number of aliphatic imine (C=N–C) groups is 1. The average molecular weight is 498 g/mol. The van der Waals surface area contributed by atoms with Crippen LogP contribution in [-0.4, -0.2) is 62.6 Å². The Hall–Kier alpha value is -0.520. The topological polar surface area (TPSA) is 73.8 Å². The van der Waals surface area contributed by atoms with Crippen LogP contribution >= 0.6 is 35.7 Å². The molecule has 0 saturated carbocycles. The predicted octanol–water partition coefficient (Wildman–Crippen LogP) is 1.66. The summed E-state index contributed by atoms with van der Waals surface area (Å²) < 4.78 is 26.2. The highest BCUT2D eigenvalue weighted by Crippen LogP contribution is 2.13. The molecule has 1 aliphatic rings. The zero-order chi connectivity index (χ0) is 17.4. The van der Waals surface area contributed by atoms with E-state index in [2.05, 4.69) is 34.7 Å². The first-order valence-electron chi connectivity index (χ1n) is 8.07. The number of benzene rings is 1. The van der Waals surface area contributed by atoms with Crippen LogP contribution in [0, 0.1) is 6.92 Å². The summed E-state index contributed by atoms with van der Waals surface area (Å²) in [4.78, 5) is 4.15. The molecule has 0 radical (unpaired) electrons. The van der Waals surface area contributed by atoms with Gasteiger partial charge in [0.15, 0.2) is 5.96 Å². The van der Waals surface area contributed by atoms with Gasteiger partial charge in [-0.15, -0.1) is 24.0 Å². The lowest BCUT2D eigenvalue weighted by Crippen LogP contribution is -2.44. The summed E-state index contributed by atoms with van der Waals surface area (Å²) in [7, 11) is -1.50. The Bertz CT molecular complexity index is 662. The van der Waals surface area contributed by atoms with Gasteiger partial charge in [-0.25, -0.2) is 12.7 Å². The van der Waals surface area contributed by atoms with Gasteiger partial charge >= 0.3 is 0 Å². The summed E-state index contributed by atoms with van der Waals surface area (Å²) in [6.07, 6.45) is 0. The van der Waals surface area contributed by atoms with E-state index in [9.17, 15) is 8.42 Å². The van der Waals surface area contributed by atoms with Gasteiger partial charge in [0, 0.05) is 44.7 Å². The van der Waals surface area contributed by atoms with E-state index in [1.165, 1.54) is 11.1 Å². The standard InChI is InChI=1S/C16H26N4O2S2.HI/c1-14-5-3-4-6-15(14)13-19-16(17-2)18-7-12-24(21,22)20-8-10-23-11-9-20;/h3-6H,7-13H2,1-2H3,(H2,17,18,19);1H. The minimum Gasteiger partial charge on any atom is -0.355 e. The Labute approximate surface area is 172 Å². The molecule has 25 heavy (non-hydrogen) atoms. The maximum absolute atomic E-state index is 12.3. The molecular formula is C16H27IN4O2S2. The molecule has 1 heterocycles. The lowest BCUT2D eigenvalue weighted by atomic mass is 10.1. The fourth-order valence-electron chi connectivity index (χ4n) is 2.46. The predicted molar refractivity (Wildman–Crippen MR) is 117 cm³/mol. The van der Waals surface area contributed by atoms with Crippen LogP contribution < -0.4 is 10.6 Å². The Morgan fingerprint density at radius 1 is 1.24 bits per heavy atom. The van der Waals surface area contributed by atoms with Crippen LogP contribution in [0.1, 0.15) is 11.1 Å². The van der Waals surface area contributed by atoms with Gasteiger partial charge in [0.05, 0.1) is 5.75 Å². The molecule has 0 spiro atoms. The Morgan fingerprint density at radius 3 is 2.56 bits per heavy atom. The van der Waals surface area contributed by atoms with Crippen LogP contribution in [0.25, 0.3) is 0 Å². The van der Waals surface area contributed by atoms with Gasteiger partial charge < -0.3 is 10.6 Å². The van der Waals surface area contributed by atoms with Crippen LogP contribution in [0.4, 0.5) is 0 Å². The van der Waals surface area contributed by atoms with E-state index in [4.69, 9.17) is 0 Å². The SMILES string of the molecule is CN=C(NCCS(=O)(=O)N1CCSCC1)NCc1ccccc1C.I. The van der Waals surface area contributed by atoms with E-state index in [1.54, 1.807) is 23.1 Å². The van der Waals surface area contributed by atoms with Crippen molar-refractivity contribution in [3.63, 3.8) is 0 Å². The third-order valence-corrected chi connectivity index (χ3v) is 6.76. The lowest BCUT2D eigenvalue weighted by molar-refractivity contribution is 0.443. The molecule has 2 rings (SSSR count). The number of thioether (sulfide) groups is 1. The van der Waals surface area contributed by atoms with E-state index < -0.39 is 10.0 Å². The maximum Gasteiger partial charge on any atom is 0.215 e. The minimum absolute atomic E-state index is 0. The van der Waals surface area contributed by atoms with E-state index >= 15 is 0 Å². The number of nitrogens with one attached hydrogen (secondary N) is 2. The molecule has 1 aromatic carbocycles. The van der Waals surface area contributed by atoms with E-state index in [0.29, 0.717) is 32.1 Å². The Balaban J connectivity index is 0.00000312. The van der Waals surface area contributed by atoms with Gasteiger partial charge in [-0.2, -0.15) is 11.8 Å². The monoisotopic (exact) mass is 498 g/mol. The molecule has 142 valence electrons.